The molecule has 0 aromatic carbocycles. The molecule has 1 unspecified atom stereocenters. The van der Waals surface area contributed by atoms with Gasteiger partial charge in [0.05, 0.1) is 0 Å². The molecule has 0 aliphatic rings. The Morgan fingerprint density at radius 3 is 2.75 bits per heavy atom. The highest BCUT2D eigenvalue weighted by atomic mass is 79.9. The Morgan fingerprint density at radius 1 is 1.83 bits per heavy atom. The first kappa shape index (κ1) is 9.18. The Bertz CT molecular complexity index is 308. The molecule has 0 bridgehead atoms. The van der Waals surface area contributed by atoms with Gasteiger partial charge < -0.3 is 10.1 Å². The monoisotopic (exact) mass is 233 g/mol. The first-order valence-corrected chi connectivity index (χ1v) is 4.28. The second-order valence-corrected chi connectivity index (χ2v) is 3.69. The third-order valence-electron chi connectivity index (χ3n) is 1.51. The minimum atomic E-state index is -0.447. The smallest absolute Gasteiger partial charge is 0.343 e. The Kier molecular flexibility index (Phi) is 2.46. The van der Waals surface area contributed by atoms with Gasteiger partial charge in [-0.3, -0.25) is 0 Å². The van der Waals surface area contributed by atoms with Crippen molar-refractivity contribution in [1.82, 2.24) is 9.55 Å². The maximum atomic E-state index is 10.5. The minimum Gasteiger partial charge on any atom is -0.358 e. The van der Waals surface area contributed by atoms with E-state index in [1.807, 2.05) is 6.92 Å². The van der Waals surface area contributed by atoms with Gasteiger partial charge in [-0.2, -0.15) is 4.57 Å². The maximum Gasteiger partial charge on any atom is 0.343 e. The topological polar surface area (TPSA) is 61.0 Å². The molecule has 0 radical (unpaired) electrons. The van der Waals surface area contributed by atoms with E-state index in [4.69, 9.17) is 0 Å². The number of nitrogens with zero attached hydrogens (tertiary/aromatic N) is 3. The van der Waals surface area contributed by atoms with E-state index < -0.39 is 4.92 Å². The van der Waals surface area contributed by atoms with Crippen LogP contribution in [-0.2, 0) is 0 Å². The van der Waals surface area contributed by atoms with Crippen molar-refractivity contribution in [1.29, 1.82) is 0 Å². The zero-order valence-corrected chi connectivity index (χ0v) is 8.28. The number of rotatable bonds is 2. The van der Waals surface area contributed by atoms with Crippen molar-refractivity contribution >= 4 is 21.7 Å². The molecule has 0 fully saturated rings. The van der Waals surface area contributed by atoms with Gasteiger partial charge in [0.2, 0.25) is 0 Å². The molecule has 1 aromatic rings. The predicted molar refractivity (Wildman–Crippen MR) is 47.3 cm³/mol. The van der Waals surface area contributed by atoms with Gasteiger partial charge in [-0.15, -0.1) is 0 Å². The molecule has 66 valence electrons. The summed E-state index contributed by atoms with van der Waals surface area (Å²) < 4.78 is 1.51. The van der Waals surface area contributed by atoms with E-state index in [2.05, 4.69) is 20.9 Å². The SMILES string of the molecule is Cc1ncc([N+](=O)[O-])n1C(C)Br. The van der Waals surface area contributed by atoms with Gasteiger partial charge in [0.1, 0.15) is 6.20 Å². The molecule has 0 saturated carbocycles. The quantitative estimate of drug-likeness (QED) is 0.446. The summed E-state index contributed by atoms with van der Waals surface area (Å²) in [5.41, 5.74) is 0. The Labute approximate surface area is 77.7 Å². The fraction of sp³-hybridized carbons (Fsp3) is 0.500. The lowest BCUT2D eigenvalue weighted by molar-refractivity contribution is -0.392. The van der Waals surface area contributed by atoms with Crippen molar-refractivity contribution in [2.24, 2.45) is 0 Å². The Hall–Kier alpha value is -0.910. The normalized spacial score (nSPS) is 12.9. The molecule has 0 aliphatic heterocycles. The molecule has 0 amide bonds. The van der Waals surface area contributed by atoms with Crippen LogP contribution >= 0.6 is 15.9 Å². The molecular weight excluding hydrogens is 226 g/mol. The molecule has 0 saturated heterocycles. The minimum absolute atomic E-state index is 0.0110. The second-order valence-electron chi connectivity index (χ2n) is 2.36. The first-order valence-electron chi connectivity index (χ1n) is 3.36. The van der Waals surface area contributed by atoms with Crippen molar-refractivity contribution in [3.05, 3.63) is 22.1 Å². The van der Waals surface area contributed by atoms with Crippen LogP contribution in [-0.4, -0.2) is 14.5 Å². The lowest BCUT2D eigenvalue weighted by Crippen LogP contribution is -2.04. The maximum absolute atomic E-state index is 10.5. The average molecular weight is 234 g/mol. The van der Waals surface area contributed by atoms with Crippen LogP contribution in [0.2, 0.25) is 0 Å². The Morgan fingerprint density at radius 2 is 2.42 bits per heavy atom. The van der Waals surface area contributed by atoms with Gasteiger partial charge in [0.15, 0.2) is 10.8 Å². The van der Waals surface area contributed by atoms with Crippen LogP contribution in [0.5, 0.6) is 0 Å². The molecule has 6 heteroatoms. The van der Waals surface area contributed by atoms with Gasteiger partial charge in [-0.1, -0.05) is 0 Å². The lowest BCUT2D eigenvalue weighted by Gasteiger charge is -2.03. The number of hydrogen-bond donors (Lipinski definition) is 0. The molecule has 1 atom stereocenters. The third kappa shape index (κ3) is 1.47. The summed E-state index contributed by atoms with van der Waals surface area (Å²) in [5, 5.41) is 10.5. The van der Waals surface area contributed by atoms with Gasteiger partial charge in [-0.25, -0.2) is 4.98 Å². The highest BCUT2D eigenvalue weighted by Gasteiger charge is 2.20. The predicted octanol–water partition coefficient (Wildman–Crippen LogP) is 2.01. The fourth-order valence-corrected chi connectivity index (χ4v) is 1.52. The number of alkyl halides is 1. The molecule has 1 heterocycles. The average Bonchev–Trinajstić information content (AvgIpc) is 2.30. The molecule has 1 rings (SSSR count). The van der Waals surface area contributed by atoms with Gasteiger partial charge in [0, 0.05) is 6.92 Å². The number of aryl methyl sites for hydroxylation is 1. The number of imidazole rings is 1. The van der Waals surface area contributed by atoms with Crippen LogP contribution in [0, 0.1) is 17.0 Å². The number of halogens is 1. The van der Waals surface area contributed by atoms with E-state index in [9.17, 15) is 10.1 Å². The van der Waals surface area contributed by atoms with Crippen LogP contribution in [0.1, 0.15) is 17.7 Å². The largest absolute Gasteiger partial charge is 0.358 e. The zero-order valence-electron chi connectivity index (χ0n) is 6.69. The molecule has 1 aromatic heterocycles. The van der Waals surface area contributed by atoms with E-state index in [0.29, 0.717) is 5.82 Å². The summed E-state index contributed by atoms with van der Waals surface area (Å²) in [6, 6.07) is 0. The van der Waals surface area contributed by atoms with Crippen molar-refractivity contribution in [2.75, 3.05) is 0 Å². The highest BCUT2D eigenvalue weighted by molar-refractivity contribution is 9.09. The van der Waals surface area contributed by atoms with Crippen LogP contribution < -0.4 is 0 Å². The Balaban J connectivity index is 3.21. The second kappa shape index (κ2) is 3.22. The standard InChI is InChI=1S/C6H8BrN3O2/c1-4(7)9-5(2)8-3-6(9)10(11)12/h3-4H,1-2H3. The van der Waals surface area contributed by atoms with Crippen molar-refractivity contribution < 1.29 is 4.92 Å². The van der Waals surface area contributed by atoms with E-state index in [0.717, 1.165) is 0 Å². The number of hydrogen-bond acceptors (Lipinski definition) is 3. The summed E-state index contributed by atoms with van der Waals surface area (Å²) in [6.45, 7) is 3.53. The summed E-state index contributed by atoms with van der Waals surface area (Å²) >= 11 is 3.25. The van der Waals surface area contributed by atoms with Crippen molar-refractivity contribution in [2.45, 2.75) is 18.8 Å². The van der Waals surface area contributed by atoms with E-state index in [1.165, 1.54) is 10.8 Å². The van der Waals surface area contributed by atoms with Gasteiger partial charge >= 0.3 is 5.82 Å². The molecule has 5 nitrogen and oxygen atoms in total. The van der Waals surface area contributed by atoms with Gasteiger partial charge in [-0.05, 0) is 27.8 Å². The number of nitro groups is 1. The summed E-state index contributed by atoms with van der Waals surface area (Å²) in [4.78, 5) is 13.8. The van der Waals surface area contributed by atoms with Crippen LogP contribution in [0.15, 0.2) is 6.20 Å². The van der Waals surface area contributed by atoms with Crippen LogP contribution in [0.4, 0.5) is 5.82 Å². The summed E-state index contributed by atoms with van der Waals surface area (Å²) in [7, 11) is 0. The van der Waals surface area contributed by atoms with E-state index >= 15 is 0 Å². The molecule has 12 heavy (non-hydrogen) atoms. The summed E-state index contributed by atoms with van der Waals surface area (Å²) in [5.74, 6) is 0.642. The zero-order chi connectivity index (χ0) is 9.30. The first-order chi connectivity index (χ1) is 5.54. The van der Waals surface area contributed by atoms with Crippen molar-refractivity contribution in [3.8, 4) is 0 Å². The third-order valence-corrected chi connectivity index (χ3v) is 1.91. The fourth-order valence-electron chi connectivity index (χ4n) is 1.02. The van der Waals surface area contributed by atoms with Crippen LogP contribution in [0.3, 0.4) is 0 Å². The number of aromatic nitrogens is 2. The van der Waals surface area contributed by atoms with Crippen LogP contribution in [0.25, 0.3) is 0 Å². The van der Waals surface area contributed by atoms with Gasteiger partial charge in [0.25, 0.3) is 0 Å². The lowest BCUT2D eigenvalue weighted by atomic mass is 10.6. The van der Waals surface area contributed by atoms with Crippen molar-refractivity contribution in [3.63, 3.8) is 0 Å². The summed E-state index contributed by atoms with van der Waals surface area (Å²) in [6.07, 6.45) is 1.26. The van der Waals surface area contributed by atoms with E-state index in [-0.39, 0.29) is 10.8 Å². The molecule has 0 aliphatic carbocycles. The van der Waals surface area contributed by atoms with E-state index in [1.54, 1.807) is 6.92 Å². The molecule has 0 spiro atoms. The highest BCUT2D eigenvalue weighted by Crippen LogP contribution is 2.23. The molecule has 0 N–H and O–H groups in total. The molecular formula is C6H8BrN3O2.